The molecular formula is C15H20N2O2S. The number of amides is 1. The number of nitrogens with one attached hydrogen (secondary N) is 1. The second kappa shape index (κ2) is 6.24. The average Bonchev–Trinajstić information content (AvgIpc) is 2.96. The lowest BCUT2D eigenvalue weighted by Crippen LogP contribution is -2.33. The van der Waals surface area contributed by atoms with Crippen LogP contribution in [0, 0.1) is 13.8 Å². The van der Waals surface area contributed by atoms with E-state index in [0.29, 0.717) is 12.0 Å². The van der Waals surface area contributed by atoms with Crippen molar-refractivity contribution < 1.29 is 9.90 Å². The number of carbonyl (C=O) groups is 1. The molecule has 2 N–H and O–H groups in total. The van der Waals surface area contributed by atoms with Gasteiger partial charge in [-0.25, -0.2) is 0 Å². The highest BCUT2D eigenvalue weighted by atomic mass is 32.1. The van der Waals surface area contributed by atoms with Crippen LogP contribution in [-0.2, 0) is 0 Å². The molecule has 1 unspecified atom stereocenters. The van der Waals surface area contributed by atoms with Gasteiger partial charge in [0.15, 0.2) is 0 Å². The Hall–Kier alpha value is -1.59. The number of nitrogens with zero attached hydrogens (tertiary/aromatic N) is 1. The van der Waals surface area contributed by atoms with Crippen LogP contribution >= 0.6 is 11.3 Å². The van der Waals surface area contributed by atoms with Crippen LogP contribution in [-0.4, -0.2) is 28.2 Å². The molecule has 0 aliphatic rings. The third-order valence-corrected chi connectivity index (χ3v) is 4.20. The molecule has 4 nitrogen and oxygen atoms in total. The van der Waals surface area contributed by atoms with Gasteiger partial charge in [-0.2, -0.15) is 0 Å². The van der Waals surface area contributed by atoms with E-state index in [0.717, 1.165) is 16.4 Å². The molecule has 0 saturated heterocycles. The lowest BCUT2D eigenvalue weighted by molar-refractivity contribution is 0.0935. The lowest BCUT2D eigenvalue weighted by atomic mass is 10.2. The molecule has 0 aliphatic heterocycles. The highest BCUT2D eigenvalue weighted by Crippen LogP contribution is 2.25. The Morgan fingerprint density at radius 3 is 2.60 bits per heavy atom. The SMILES string of the molecule is Cc1ccc(C)n1-c1sccc1C(=O)NC(C)CCO. The van der Waals surface area contributed by atoms with Crippen molar-refractivity contribution in [2.45, 2.75) is 33.2 Å². The maximum atomic E-state index is 12.3. The van der Waals surface area contributed by atoms with Crippen molar-refractivity contribution in [3.05, 3.63) is 40.5 Å². The van der Waals surface area contributed by atoms with Crippen LogP contribution in [0.1, 0.15) is 35.1 Å². The normalized spacial score (nSPS) is 12.4. The summed E-state index contributed by atoms with van der Waals surface area (Å²) in [5.74, 6) is -0.0882. The largest absolute Gasteiger partial charge is 0.396 e. The van der Waals surface area contributed by atoms with E-state index < -0.39 is 0 Å². The minimum atomic E-state index is -0.0882. The number of aliphatic hydroxyl groups excluding tert-OH is 1. The second-order valence-corrected chi connectivity index (χ2v) is 5.87. The van der Waals surface area contributed by atoms with E-state index >= 15 is 0 Å². The summed E-state index contributed by atoms with van der Waals surface area (Å²) in [5.41, 5.74) is 2.91. The molecule has 108 valence electrons. The molecule has 0 radical (unpaired) electrons. The molecule has 2 aromatic heterocycles. The smallest absolute Gasteiger partial charge is 0.254 e. The van der Waals surface area contributed by atoms with Crippen LogP contribution in [0.5, 0.6) is 0 Å². The number of carbonyl (C=O) groups excluding carboxylic acids is 1. The molecule has 0 spiro atoms. The van der Waals surface area contributed by atoms with Crippen LogP contribution in [0.4, 0.5) is 0 Å². The fraction of sp³-hybridized carbons (Fsp3) is 0.400. The van der Waals surface area contributed by atoms with Gasteiger partial charge in [-0.05, 0) is 50.8 Å². The minimum Gasteiger partial charge on any atom is -0.396 e. The summed E-state index contributed by atoms with van der Waals surface area (Å²) in [6.07, 6.45) is 0.562. The molecule has 0 bridgehead atoms. The predicted octanol–water partition coefficient (Wildman–Crippen LogP) is 2.66. The van der Waals surface area contributed by atoms with Gasteiger partial charge in [0.25, 0.3) is 5.91 Å². The maximum Gasteiger partial charge on any atom is 0.254 e. The van der Waals surface area contributed by atoms with E-state index in [9.17, 15) is 4.79 Å². The first kappa shape index (κ1) is 14.8. The fourth-order valence-electron chi connectivity index (χ4n) is 2.20. The first-order valence-electron chi connectivity index (χ1n) is 6.69. The van der Waals surface area contributed by atoms with Crippen molar-refractivity contribution in [1.82, 2.24) is 9.88 Å². The summed E-state index contributed by atoms with van der Waals surface area (Å²) in [4.78, 5) is 12.3. The highest BCUT2D eigenvalue weighted by molar-refractivity contribution is 7.13. The zero-order valence-electron chi connectivity index (χ0n) is 12.0. The molecule has 2 heterocycles. The number of rotatable bonds is 5. The first-order valence-corrected chi connectivity index (χ1v) is 7.57. The van der Waals surface area contributed by atoms with Gasteiger partial charge in [-0.1, -0.05) is 0 Å². The molecule has 20 heavy (non-hydrogen) atoms. The number of aromatic nitrogens is 1. The van der Waals surface area contributed by atoms with Crippen molar-refractivity contribution in [2.75, 3.05) is 6.61 Å². The average molecular weight is 292 g/mol. The summed E-state index contributed by atoms with van der Waals surface area (Å²) in [7, 11) is 0. The number of thiophene rings is 1. The Labute approximate surface area is 123 Å². The van der Waals surface area contributed by atoms with Crippen molar-refractivity contribution in [3.63, 3.8) is 0 Å². The third-order valence-electron chi connectivity index (χ3n) is 3.30. The predicted molar refractivity (Wildman–Crippen MR) is 81.8 cm³/mol. The molecule has 2 aromatic rings. The van der Waals surface area contributed by atoms with Gasteiger partial charge in [0, 0.05) is 24.0 Å². The zero-order valence-corrected chi connectivity index (χ0v) is 12.8. The van der Waals surface area contributed by atoms with E-state index in [4.69, 9.17) is 5.11 Å². The van der Waals surface area contributed by atoms with Gasteiger partial charge < -0.3 is 15.0 Å². The van der Waals surface area contributed by atoms with E-state index in [1.165, 1.54) is 0 Å². The van der Waals surface area contributed by atoms with Crippen LogP contribution in [0.2, 0.25) is 0 Å². The second-order valence-electron chi connectivity index (χ2n) is 4.98. The van der Waals surface area contributed by atoms with Crippen LogP contribution in [0.3, 0.4) is 0 Å². The van der Waals surface area contributed by atoms with E-state index in [-0.39, 0.29) is 18.6 Å². The quantitative estimate of drug-likeness (QED) is 0.890. The van der Waals surface area contributed by atoms with Gasteiger partial charge in [-0.15, -0.1) is 11.3 Å². The lowest BCUT2D eigenvalue weighted by Gasteiger charge is -2.14. The summed E-state index contributed by atoms with van der Waals surface area (Å²) in [5, 5.41) is 14.7. The number of aryl methyl sites for hydroxylation is 2. The Morgan fingerprint density at radius 2 is 2.00 bits per heavy atom. The van der Waals surface area contributed by atoms with Gasteiger partial charge in [0.1, 0.15) is 5.00 Å². The van der Waals surface area contributed by atoms with Crippen molar-refractivity contribution in [1.29, 1.82) is 0 Å². The Balaban J connectivity index is 2.27. The summed E-state index contributed by atoms with van der Waals surface area (Å²) in [6.45, 7) is 6.03. The molecular weight excluding hydrogens is 272 g/mol. The Kier molecular flexibility index (Phi) is 4.62. The maximum absolute atomic E-state index is 12.3. The van der Waals surface area contributed by atoms with Crippen molar-refractivity contribution in [2.24, 2.45) is 0 Å². The molecule has 1 amide bonds. The molecule has 5 heteroatoms. The standard InChI is InChI=1S/C15H20N2O2S/c1-10(6-8-18)16-14(19)13-7-9-20-15(13)17-11(2)4-5-12(17)3/h4-5,7,9-10,18H,6,8H2,1-3H3,(H,16,19). The van der Waals surface area contributed by atoms with Gasteiger partial charge >= 0.3 is 0 Å². The summed E-state index contributed by atoms with van der Waals surface area (Å²) >= 11 is 1.56. The van der Waals surface area contributed by atoms with Gasteiger partial charge in [0.2, 0.25) is 0 Å². The monoisotopic (exact) mass is 292 g/mol. The molecule has 1 atom stereocenters. The van der Waals surface area contributed by atoms with Gasteiger partial charge in [-0.3, -0.25) is 4.79 Å². The first-order chi connectivity index (χ1) is 9.54. The van der Waals surface area contributed by atoms with Crippen molar-refractivity contribution >= 4 is 17.2 Å². The summed E-state index contributed by atoms with van der Waals surface area (Å²) < 4.78 is 2.09. The minimum absolute atomic E-state index is 0.0351. The number of hydrogen-bond acceptors (Lipinski definition) is 3. The Morgan fingerprint density at radius 1 is 1.35 bits per heavy atom. The van der Waals surface area contributed by atoms with Crippen molar-refractivity contribution in [3.8, 4) is 5.00 Å². The van der Waals surface area contributed by atoms with Crippen LogP contribution in [0.15, 0.2) is 23.6 Å². The zero-order chi connectivity index (χ0) is 14.7. The highest BCUT2D eigenvalue weighted by Gasteiger charge is 2.17. The van der Waals surface area contributed by atoms with E-state index in [1.807, 2.05) is 44.4 Å². The number of aliphatic hydroxyl groups is 1. The third kappa shape index (κ3) is 2.94. The van der Waals surface area contributed by atoms with Crippen LogP contribution < -0.4 is 5.32 Å². The molecule has 0 aromatic carbocycles. The Bertz CT molecular complexity index is 581. The number of hydrogen-bond donors (Lipinski definition) is 2. The van der Waals surface area contributed by atoms with E-state index in [1.54, 1.807) is 11.3 Å². The van der Waals surface area contributed by atoms with Gasteiger partial charge in [0.05, 0.1) is 5.56 Å². The molecule has 0 fully saturated rings. The molecule has 0 aliphatic carbocycles. The topological polar surface area (TPSA) is 54.3 Å². The fourth-order valence-corrected chi connectivity index (χ4v) is 3.22. The van der Waals surface area contributed by atoms with Crippen LogP contribution in [0.25, 0.3) is 5.00 Å². The summed E-state index contributed by atoms with van der Waals surface area (Å²) in [6, 6.07) is 5.91. The molecule has 2 rings (SSSR count). The van der Waals surface area contributed by atoms with E-state index in [2.05, 4.69) is 9.88 Å². The molecule has 0 saturated carbocycles.